The summed E-state index contributed by atoms with van der Waals surface area (Å²) in [6, 6.07) is 8.13. The molecule has 178 valence electrons. The van der Waals surface area contributed by atoms with Crippen LogP contribution in [-0.4, -0.2) is 81.8 Å². The van der Waals surface area contributed by atoms with Crippen molar-refractivity contribution in [2.75, 3.05) is 54.0 Å². The second-order valence-electron chi connectivity index (χ2n) is 9.12. The molecule has 1 amide bonds. The molecule has 2 aliphatic rings. The second-order valence-corrected chi connectivity index (χ2v) is 9.12. The van der Waals surface area contributed by atoms with E-state index in [1.54, 1.807) is 26.1 Å². The van der Waals surface area contributed by atoms with Crippen LogP contribution in [0.25, 0.3) is 0 Å². The summed E-state index contributed by atoms with van der Waals surface area (Å²) in [6.07, 6.45) is 8.62. The third-order valence-corrected chi connectivity index (χ3v) is 6.50. The lowest BCUT2D eigenvalue weighted by molar-refractivity contribution is -0.127. The Hall–Kier alpha value is -2.28. The van der Waals surface area contributed by atoms with Gasteiger partial charge >= 0.3 is 0 Å². The molecule has 1 saturated heterocycles. The zero-order valence-corrected chi connectivity index (χ0v) is 20.0. The number of likely N-dealkylation sites (tertiary alicyclic amines) is 1. The molecule has 2 fully saturated rings. The third kappa shape index (κ3) is 7.69. The minimum absolute atomic E-state index is 0.00855. The number of amides is 1. The number of hydrogen-bond acceptors (Lipinski definition) is 4. The number of nitrogens with zero attached hydrogens (tertiary/aromatic N) is 3. The molecule has 1 aliphatic heterocycles. The van der Waals surface area contributed by atoms with E-state index in [9.17, 15) is 4.79 Å². The van der Waals surface area contributed by atoms with E-state index >= 15 is 0 Å². The number of benzene rings is 1. The topological polar surface area (TPSA) is 66.4 Å². The van der Waals surface area contributed by atoms with E-state index in [-0.39, 0.29) is 12.5 Å². The van der Waals surface area contributed by atoms with Crippen molar-refractivity contribution in [2.45, 2.75) is 51.0 Å². The van der Waals surface area contributed by atoms with Gasteiger partial charge in [-0.05, 0) is 55.7 Å². The van der Waals surface area contributed by atoms with E-state index in [2.05, 4.69) is 27.3 Å². The van der Waals surface area contributed by atoms with Gasteiger partial charge in [0.25, 0.3) is 0 Å². The van der Waals surface area contributed by atoms with Gasteiger partial charge in [-0.1, -0.05) is 25.0 Å². The van der Waals surface area contributed by atoms with Crippen molar-refractivity contribution in [3.63, 3.8) is 0 Å². The molecule has 1 saturated carbocycles. The second kappa shape index (κ2) is 12.7. The maximum Gasteiger partial charge on any atom is 0.243 e. The first-order valence-electron chi connectivity index (χ1n) is 12.0. The molecule has 0 atom stereocenters. The normalized spacial score (nSPS) is 18.1. The standard InChI is InChI=1S/C25H40N4O3/c1-28(2)24(30)18-27-25(26-15-12-20-8-10-22(31-3)11-9-20)29-16-13-23(14-17-29)32-19-21-6-4-5-7-21/h8-11,21,23H,4-7,12-19H2,1-3H3,(H,26,27). The fraction of sp³-hybridized carbons (Fsp3) is 0.680. The van der Waals surface area contributed by atoms with E-state index in [0.717, 1.165) is 63.1 Å². The molecule has 7 heteroatoms. The molecule has 1 heterocycles. The van der Waals surface area contributed by atoms with Crippen molar-refractivity contribution >= 4 is 11.9 Å². The van der Waals surface area contributed by atoms with Gasteiger partial charge in [-0.3, -0.25) is 4.79 Å². The lowest BCUT2D eigenvalue weighted by atomic mass is 10.1. The lowest BCUT2D eigenvalue weighted by Gasteiger charge is -2.34. The Morgan fingerprint density at radius 3 is 2.44 bits per heavy atom. The van der Waals surface area contributed by atoms with Crippen molar-refractivity contribution in [1.29, 1.82) is 0 Å². The van der Waals surface area contributed by atoms with Crippen molar-refractivity contribution < 1.29 is 14.3 Å². The number of piperidine rings is 1. The van der Waals surface area contributed by atoms with Crippen LogP contribution in [0.2, 0.25) is 0 Å². The van der Waals surface area contributed by atoms with Gasteiger partial charge in [0.15, 0.2) is 5.96 Å². The monoisotopic (exact) mass is 444 g/mol. The van der Waals surface area contributed by atoms with Gasteiger partial charge in [-0.15, -0.1) is 0 Å². The number of guanidine groups is 1. The summed E-state index contributed by atoms with van der Waals surface area (Å²) < 4.78 is 11.5. The third-order valence-electron chi connectivity index (χ3n) is 6.50. The summed E-state index contributed by atoms with van der Waals surface area (Å²) in [6.45, 7) is 3.65. The number of methoxy groups -OCH3 is 1. The van der Waals surface area contributed by atoms with Crippen LogP contribution >= 0.6 is 0 Å². The quantitative estimate of drug-likeness (QED) is 0.469. The van der Waals surface area contributed by atoms with E-state index in [0.29, 0.717) is 6.10 Å². The van der Waals surface area contributed by atoms with Crippen LogP contribution in [0.5, 0.6) is 5.75 Å². The highest BCUT2D eigenvalue weighted by Crippen LogP contribution is 2.26. The van der Waals surface area contributed by atoms with Crippen LogP contribution in [0.3, 0.4) is 0 Å². The Labute approximate surface area is 193 Å². The summed E-state index contributed by atoms with van der Waals surface area (Å²) >= 11 is 0. The largest absolute Gasteiger partial charge is 0.497 e. The predicted octanol–water partition coefficient (Wildman–Crippen LogP) is 2.94. The highest BCUT2D eigenvalue weighted by molar-refractivity contribution is 5.84. The number of aliphatic imine (C=N–C) groups is 1. The van der Waals surface area contributed by atoms with E-state index in [1.165, 1.54) is 31.2 Å². The van der Waals surface area contributed by atoms with Crippen LogP contribution in [0, 0.1) is 5.92 Å². The van der Waals surface area contributed by atoms with Crippen molar-refractivity contribution in [1.82, 2.24) is 15.1 Å². The minimum Gasteiger partial charge on any atom is -0.497 e. The average Bonchev–Trinajstić information content (AvgIpc) is 3.34. The SMILES string of the molecule is COc1ccc(CCNC(=NCC(=O)N(C)C)N2CCC(OCC3CCCC3)CC2)cc1. The maximum absolute atomic E-state index is 12.1. The number of nitrogens with one attached hydrogen (secondary N) is 1. The first-order chi connectivity index (χ1) is 15.5. The van der Waals surface area contributed by atoms with Gasteiger partial charge in [0.2, 0.25) is 5.91 Å². The highest BCUT2D eigenvalue weighted by atomic mass is 16.5. The van der Waals surface area contributed by atoms with Crippen LogP contribution < -0.4 is 10.1 Å². The minimum atomic E-state index is 0.00855. The van der Waals surface area contributed by atoms with Gasteiger partial charge in [0.1, 0.15) is 12.3 Å². The summed E-state index contributed by atoms with van der Waals surface area (Å²) in [4.78, 5) is 20.6. The zero-order valence-electron chi connectivity index (χ0n) is 20.0. The maximum atomic E-state index is 12.1. The molecule has 0 bridgehead atoms. The van der Waals surface area contributed by atoms with Gasteiger partial charge in [0, 0.05) is 40.3 Å². The molecule has 7 nitrogen and oxygen atoms in total. The summed E-state index contributed by atoms with van der Waals surface area (Å²) in [7, 11) is 5.21. The predicted molar refractivity (Wildman–Crippen MR) is 128 cm³/mol. The van der Waals surface area contributed by atoms with Crippen molar-refractivity contribution in [3.05, 3.63) is 29.8 Å². The molecular weight excluding hydrogens is 404 g/mol. The van der Waals surface area contributed by atoms with Crippen LogP contribution in [0.4, 0.5) is 0 Å². The lowest BCUT2D eigenvalue weighted by Crippen LogP contribution is -2.48. The van der Waals surface area contributed by atoms with Gasteiger partial charge < -0.3 is 24.6 Å². The molecule has 0 radical (unpaired) electrons. The first-order valence-corrected chi connectivity index (χ1v) is 12.0. The number of rotatable bonds is 9. The molecule has 0 spiro atoms. The van der Waals surface area contributed by atoms with Crippen LogP contribution in [0.1, 0.15) is 44.1 Å². The Balaban J connectivity index is 1.50. The Bertz CT molecular complexity index is 721. The van der Waals surface area contributed by atoms with E-state index in [4.69, 9.17) is 9.47 Å². The van der Waals surface area contributed by atoms with E-state index < -0.39 is 0 Å². The number of likely N-dealkylation sites (N-methyl/N-ethyl adjacent to an activating group) is 1. The fourth-order valence-electron chi connectivity index (χ4n) is 4.35. The van der Waals surface area contributed by atoms with Crippen LogP contribution in [-0.2, 0) is 16.0 Å². The first kappa shape index (κ1) is 24.4. The van der Waals surface area contributed by atoms with Crippen molar-refractivity contribution in [3.8, 4) is 5.75 Å². The molecule has 0 unspecified atom stereocenters. The van der Waals surface area contributed by atoms with Crippen molar-refractivity contribution in [2.24, 2.45) is 10.9 Å². The molecule has 32 heavy (non-hydrogen) atoms. The average molecular weight is 445 g/mol. The zero-order chi connectivity index (χ0) is 22.8. The van der Waals surface area contributed by atoms with Gasteiger partial charge in [-0.2, -0.15) is 0 Å². The summed E-state index contributed by atoms with van der Waals surface area (Å²) in [5.74, 6) is 2.46. The number of ether oxygens (including phenoxy) is 2. The molecular formula is C25H40N4O3. The molecule has 1 aromatic carbocycles. The number of hydrogen-bond donors (Lipinski definition) is 1. The number of carbonyl (C=O) groups excluding carboxylic acids is 1. The molecule has 3 rings (SSSR count). The Morgan fingerprint density at radius 1 is 1.12 bits per heavy atom. The highest BCUT2D eigenvalue weighted by Gasteiger charge is 2.24. The Kier molecular flexibility index (Phi) is 9.65. The molecule has 0 aromatic heterocycles. The molecule has 1 aromatic rings. The molecule has 1 aliphatic carbocycles. The van der Waals surface area contributed by atoms with Gasteiger partial charge in [0.05, 0.1) is 13.2 Å². The van der Waals surface area contributed by atoms with E-state index in [1.807, 2.05) is 12.1 Å². The van der Waals surface area contributed by atoms with Gasteiger partial charge in [-0.25, -0.2) is 4.99 Å². The Morgan fingerprint density at radius 2 is 1.81 bits per heavy atom. The summed E-state index contributed by atoms with van der Waals surface area (Å²) in [5, 5.41) is 3.49. The van der Waals surface area contributed by atoms with Crippen LogP contribution in [0.15, 0.2) is 29.3 Å². The summed E-state index contributed by atoms with van der Waals surface area (Å²) in [5.41, 5.74) is 1.24. The smallest absolute Gasteiger partial charge is 0.243 e. The fourth-order valence-corrected chi connectivity index (χ4v) is 4.35. The molecule has 1 N–H and O–H groups in total. The number of carbonyl (C=O) groups is 1.